The van der Waals surface area contributed by atoms with Gasteiger partial charge in [-0.3, -0.25) is 4.99 Å². The number of ether oxygens (including phenoxy) is 1. The average molecular weight is 502 g/mol. The van der Waals surface area contributed by atoms with E-state index in [0.717, 1.165) is 22.4 Å². The van der Waals surface area contributed by atoms with Crippen molar-refractivity contribution in [2.24, 2.45) is 4.99 Å². The Morgan fingerprint density at radius 2 is 1.46 bits per heavy atom. The zero-order chi connectivity index (χ0) is 19.9. The monoisotopic (exact) mass is 500 g/mol. The van der Waals surface area contributed by atoms with Gasteiger partial charge < -0.3 is 4.74 Å². The van der Waals surface area contributed by atoms with Crippen LogP contribution in [0.15, 0.2) is 87.0 Å². The third-order valence-electron chi connectivity index (χ3n) is 4.10. The highest BCUT2D eigenvalue weighted by Crippen LogP contribution is 2.20. The third kappa shape index (κ3) is 5.36. The highest BCUT2D eigenvalue weighted by atomic mass is 79.9. The molecule has 4 nitrogen and oxygen atoms in total. The van der Waals surface area contributed by atoms with Gasteiger partial charge in [0.05, 0.1) is 12.8 Å². The van der Waals surface area contributed by atoms with E-state index in [-0.39, 0.29) is 5.97 Å². The molecule has 0 N–H and O–H groups in total. The summed E-state index contributed by atoms with van der Waals surface area (Å²) >= 11 is 6.78. The molecule has 0 aliphatic rings. The first kappa shape index (κ1) is 20.4. The molecule has 0 bridgehead atoms. The number of halogens is 2. The van der Waals surface area contributed by atoms with Crippen molar-refractivity contribution in [3.05, 3.63) is 98.7 Å². The van der Waals surface area contributed by atoms with Crippen molar-refractivity contribution in [2.75, 3.05) is 7.11 Å². The van der Waals surface area contributed by atoms with Crippen LogP contribution in [0.2, 0.25) is 0 Å². The molecule has 28 heavy (non-hydrogen) atoms. The van der Waals surface area contributed by atoms with E-state index >= 15 is 0 Å². The van der Waals surface area contributed by atoms with Gasteiger partial charge in [-0.2, -0.15) is 0 Å². The van der Waals surface area contributed by atoms with E-state index in [4.69, 9.17) is 9.73 Å². The number of aliphatic imine (C=N–C) groups is 1. The Morgan fingerprint density at radius 1 is 0.964 bits per heavy atom. The van der Waals surface area contributed by atoms with Gasteiger partial charge in [0.25, 0.3) is 0 Å². The smallest absolute Gasteiger partial charge is 0.330 e. The minimum atomic E-state index is -0.679. The average Bonchev–Trinajstić information content (AvgIpc) is 2.71. The fourth-order valence-electron chi connectivity index (χ4n) is 2.84. The molecule has 1 aromatic heterocycles. The highest BCUT2D eigenvalue weighted by molar-refractivity contribution is 9.11. The van der Waals surface area contributed by atoms with E-state index in [0.29, 0.717) is 15.6 Å². The van der Waals surface area contributed by atoms with Crippen LogP contribution in [0.3, 0.4) is 0 Å². The van der Waals surface area contributed by atoms with E-state index < -0.39 is 6.04 Å². The minimum absolute atomic E-state index is 0.381. The summed E-state index contributed by atoms with van der Waals surface area (Å²) < 4.78 is 6.41. The molecule has 0 fully saturated rings. The molecule has 6 heteroatoms. The third-order valence-corrected chi connectivity index (χ3v) is 4.92. The summed E-state index contributed by atoms with van der Waals surface area (Å²) in [5.74, 6) is -0.381. The highest BCUT2D eigenvalue weighted by Gasteiger charge is 2.21. The molecule has 1 heterocycles. The van der Waals surface area contributed by atoms with Crippen LogP contribution in [0.1, 0.15) is 16.7 Å². The van der Waals surface area contributed by atoms with Crippen LogP contribution in [0.4, 0.5) is 0 Å². The molecule has 1 atom stereocenters. The summed E-state index contributed by atoms with van der Waals surface area (Å²) in [6, 6.07) is 22.8. The second-order valence-electron chi connectivity index (χ2n) is 6.07. The number of carbonyl (C=O) groups is 1. The van der Waals surface area contributed by atoms with Crippen LogP contribution < -0.4 is 0 Å². The Hall–Kier alpha value is -2.31. The van der Waals surface area contributed by atoms with Crippen molar-refractivity contribution in [1.82, 2.24) is 4.98 Å². The topological polar surface area (TPSA) is 51.5 Å². The number of carbonyl (C=O) groups excluding carboxylic acids is 1. The molecule has 0 spiro atoms. The Kier molecular flexibility index (Phi) is 7.12. The zero-order valence-electron chi connectivity index (χ0n) is 15.2. The molecule has 0 aliphatic carbocycles. The predicted octanol–water partition coefficient (Wildman–Crippen LogP) is 5.23. The van der Waals surface area contributed by atoms with Crippen LogP contribution in [-0.2, 0) is 16.0 Å². The summed E-state index contributed by atoms with van der Waals surface area (Å²) in [5, 5.41) is 0. The lowest BCUT2D eigenvalue weighted by molar-refractivity contribution is -0.142. The zero-order valence-corrected chi connectivity index (χ0v) is 18.4. The number of methoxy groups -OCH3 is 1. The number of hydrogen-bond donors (Lipinski definition) is 0. The summed E-state index contributed by atoms with van der Waals surface area (Å²) in [5.41, 5.74) is 3.57. The second kappa shape index (κ2) is 9.75. The van der Waals surface area contributed by atoms with E-state index in [1.165, 1.54) is 7.11 Å². The first-order valence-electron chi connectivity index (χ1n) is 8.65. The van der Waals surface area contributed by atoms with Crippen molar-refractivity contribution >= 4 is 43.5 Å². The molecule has 0 amide bonds. The van der Waals surface area contributed by atoms with E-state index in [1.807, 2.05) is 72.8 Å². The van der Waals surface area contributed by atoms with Gasteiger partial charge in [-0.1, -0.05) is 60.7 Å². The number of aromatic nitrogens is 1. The van der Waals surface area contributed by atoms with Crippen molar-refractivity contribution in [3.8, 4) is 0 Å². The van der Waals surface area contributed by atoms with Crippen LogP contribution in [0.5, 0.6) is 0 Å². The van der Waals surface area contributed by atoms with Gasteiger partial charge in [-0.05, 0) is 49.6 Å². The second-order valence-corrected chi connectivity index (χ2v) is 7.70. The molecule has 142 valence electrons. The fourth-order valence-corrected chi connectivity index (χ4v) is 4.04. The molecule has 3 rings (SSSR count). The number of benzene rings is 2. The van der Waals surface area contributed by atoms with E-state index in [2.05, 4.69) is 36.8 Å². The maximum Gasteiger partial charge on any atom is 0.330 e. The van der Waals surface area contributed by atoms with Gasteiger partial charge in [0, 0.05) is 17.5 Å². The molecular weight excluding hydrogens is 484 g/mol. The Labute approximate surface area is 180 Å². The van der Waals surface area contributed by atoms with Crippen molar-refractivity contribution in [2.45, 2.75) is 12.5 Å². The van der Waals surface area contributed by atoms with E-state index in [1.54, 1.807) is 0 Å². The number of hydrogen-bond acceptors (Lipinski definition) is 4. The van der Waals surface area contributed by atoms with E-state index in [9.17, 15) is 4.79 Å². The number of nitrogens with zero attached hydrogens (tertiary/aromatic N) is 2. The van der Waals surface area contributed by atoms with Gasteiger partial charge in [0.2, 0.25) is 0 Å². The van der Waals surface area contributed by atoms with Crippen molar-refractivity contribution in [3.63, 3.8) is 0 Å². The maximum atomic E-state index is 12.5. The maximum absolute atomic E-state index is 12.5. The summed E-state index contributed by atoms with van der Waals surface area (Å²) in [6.45, 7) is 0. The molecule has 1 unspecified atom stereocenters. The predicted molar refractivity (Wildman–Crippen MR) is 118 cm³/mol. The molecule has 2 aromatic carbocycles. The molecule has 0 aliphatic heterocycles. The standard InChI is InChI=1S/C22H18Br2N2O2/c1-28-22(27)18(12-15-13-19(23)26-20(24)14-15)25-21(16-8-4-2-5-9-16)17-10-6-3-7-11-17/h2-11,13-14,18H,12H2,1H3. The molecule has 0 saturated carbocycles. The van der Waals surface area contributed by atoms with Crippen molar-refractivity contribution in [1.29, 1.82) is 0 Å². The first-order chi connectivity index (χ1) is 13.6. The lowest BCUT2D eigenvalue weighted by atomic mass is 10.0. The summed E-state index contributed by atoms with van der Waals surface area (Å²) in [7, 11) is 1.38. The largest absolute Gasteiger partial charge is 0.467 e. The van der Waals surface area contributed by atoms with Gasteiger partial charge in [-0.15, -0.1) is 0 Å². The Morgan fingerprint density at radius 3 is 1.93 bits per heavy atom. The van der Waals surface area contributed by atoms with Crippen LogP contribution in [0.25, 0.3) is 0 Å². The number of rotatable bonds is 6. The fraction of sp³-hybridized carbons (Fsp3) is 0.136. The van der Waals surface area contributed by atoms with Crippen LogP contribution >= 0.6 is 31.9 Å². The molecule has 0 radical (unpaired) electrons. The van der Waals surface area contributed by atoms with Crippen molar-refractivity contribution < 1.29 is 9.53 Å². The van der Waals surface area contributed by atoms with Gasteiger partial charge in [-0.25, -0.2) is 9.78 Å². The lowest BCUT2D eigenvalue weighted by Crippen LogP contribution is -2.25. The minimum Gasteiger partial charge on any atom is -0.467 e. The number of esters is 1. The molecule has 0 saturated heterocycles. The first-order valence-corrected chi connectivity index (χ1v) is 10.2. The lowest BCUT2D eigenvalue weighted by Gasteiger charge is -2.15. The normalized spacial score (nSPS) is 11.5. The van der Waals surface area contributed by atoms with Gasteiger partial charge in [0.1, 0.15) is 9.21 Å². The molecule has 3 aromatic rings. The Balaban J connectivity index is 2.05. The Bertz CT molecular complexity index is 915. The summed E-state index contributed by atoms with van der Waals surface area (Å²) in [6.07, 6.45) is 0.398. The van der Waals surface area contributed by atoms with Gasteiger partial charge >= 0.3 is 5.97 Å². The van der Waals surface area contributed by atoms with Gasteiger partial charge in [0.15, 0.2) is 6.04 Å². The quantitative estimate of drug-likeness (QED) is 0.264. The summed E-state index contributed by atoms with van der Waals surface area (Å²) in [4.78, 5) is 21.6. The number of pyridine rings is 1. The van der Waals surface area contributed by atoms with Crippen LogP contribution in [0, 0.1) is 0 Å². The molecular formula is C22H18Br2N2O2. The SMILES string of the molecule is COC(=O)C(Cc1cc(Br)nc(Br)c1)N=C(c1ccccc1)c1ccccc1. The van der Waals surface area contributed by atoms with Crippen LogP contribution in [-0.4, -0.2) is 29.8 Å².